The molecule has 0 aliphatic carbocycles. The lowest BCUT2D eigenvalue weighted by Crippen LogP contribution is -2.42. The van der Waals surface area contributed by atoms with E-state index < -0.39 is 16.3 Å². The van der Waals surface area contributed by atoms with Crippen LogP contribution < -0.4 is 11.1 Å². The van der Waals surface area contributed by atoms with Crippen molar-refractivity contribution in [3.05, 3.63) is 38.9 Å². The van der Waals surface area contributed by atoms with Crippen molar-refractivity contribution in [1.29, 1.82) is 0 Å². The third-order valence-corrected chi connectivity index (χ3v) is 5.58. The highest BCUT2D eigenvalue weighted by Crippen LogP contribution is 2.27. The van der Waals surface area contributed by atoms with Gasteiger partial charge in [-0.05, 0) is 24.7 Å². The second-order valence-electron chi connectivity index (χ2n) is 6.34. The molecule has 1 saturated heterocycles. The Balaban J connectivity index is 1.56. The predicted molar refractivity (Wildman–Crippen MR) is 96.3 cm³/mol. The van der Waals surface area contributed by atoms with Crippen LogP contribution in [-0.4, -0.2) is 44.2 Å². The number of thioether (sulfide) groups is 1. The van der Waals surface area contributed by atoms with Crippen LogP contribution in [0.3, 0.4) is 0 Å². The number of aryl methyl sites for hydroxylation is 1. The number of carbonyl (C=O) groups is 1. The molecule has 0 unspecified atom stereocenters. The Kier molecular flexibility index (Phi) is 5.33. The summed E-state index contributed by atoms with van der Waals surface area (Å²) in [6.07, 6.45) is 1.28. The molecule has 1 atom stereocenters. The number of carbonyl (C=O) groups excluding carboxylic acids is 1. The molecular weight excluding hydrogens is 362 g/mol. The molecule has 0 bridgehead atoms. The normalized spacial score (nSPS) is 19.7. The van der Waals surface area contributed by atoms with E-state index in [2.05, 4.69) is 5.32 Å². The summed E-state index contributed by atoms with van der Waals surface area (Å²) in [5.74, 6) is 0.710. The minimum absolute atomic E-state index is 0.148. The fourth-order valence-corrected chi connectivity index (χ4v) is 4.16. The maximum atomic E-state index is 11.9. The molecule has 0 saturated carbocycles. The summed E-state index contributed by atoms with van der Waals surface area (Å²) < 4.78 is 6.40. The molecule has 1 aliphatic heterocycles. The molecular formula is C16H19N3O6S. The van der Waals surface area contributed by atoms with Crippen LogP contribution in [0.1, 0.15) is 19.3 Å². The van der Waals surface area contributed by atoms with Crippen molar-refractivity contribution in [3.8, 4) is 0 Å². The highest BCUT2D eigenvalue weighted by atomic mass is 32.2. The fraction of sp³-hybridized carbons (Fsp3) is 0.500. The van der Waals surface area contributed by atoms with Gasteiger partial charge >= 0.3 is 5.76 Å². The van der Waals surface area contributed by atoms with Crippen molar-refractivity contribution in [2.75, 3.05) is 18.1 Å². The molecule has 1 fully saturated rings. The van der Waals surface area contributed by atoms with E-state index in [4.69, 9.17) is 4.42 Å². The number of amides is 1. The number of aromatic nitrogens is 1. The third kappa shape index (κ3) is 4.07. The standard InChI is InChI=1S/C16H19N3O6S/c20-14(17-9-16(22)5-7-26-10-16)2-1-6-18-12-4-3-11(19(23)24)8-13(12)25-15(18)21/h3-4,8,22H,1-2,5-7,9-10H2,(H,17,20)/t16-/m1/s1. The quantitative estimate of drug-likeness (QED) is 0.546. The number of nitrogens with zero attached hydrogens (tertiary/aromatic N) is 2. The zero-order valence-corrected chi connectivity index (χ0v) is 14.8. The van der Waals surface area contributed by atoms with Crippen LogP contribution in [0.5, 0.6) is 0 Å². The molecule has 2 heterocycles. The van der Waals surface area contributed by atoms with Gasteiger partial charge in [0, 0.05) is 31.3 Å². The molecule has 9 nitrogen and oxygen atoms in total. The van der Waals surface area contributed by atoms with E-state index in [9.17, 15) is 24.8 Å². The van der Waals surface area contributed by atoms with E-state index in [1.807, 2.05) is 0 Å². The van der Waals surface area contributed by atoms with E-state index in [0.717, 1.165) is 5.75 Å². The average molecular weight is 381 g/mol. The van der Waals surface area contributed by atoms with Crippen molar-refractivity contribution >= 4 is 34.5 Å². The summed E-state index contributed by atoms with van der Waals surface area (Å²) in [6, 6.07) is 3.98. The molecule has 2 N–H and O–H groups in total. The zero-order chi connectivity index (χ0) is 18.7. The highest BCUT2D eigenvalue weighted by Gasteiger charge is 2.31. The first-order valence-corrected chi connectivity index (χ1v) is 9.38. The number of hydrogen-bond donors (Lipinski definition) is 2. The number of hydrogen-bond acceptors (Lipinski definition) is 7. The van der Waals surface area contributed by atoms with E-state index in [1.165, 1.54) is 22.8 Å². The van der Waals surface area contributed by atoms with Gasteiger partial charge in [0.15, 0.2) is 5.58 Å². The van der Waals surface area contributed by atoms with Gasteiger partial charge in [-0.1, -0.05) is 0 Å². The summed E-state index contributed by atoms with van der Waals surface area (Å²) >= 11 is 1.66. The van der Waals surface area contributed by atoms with Gasteiger partial charge in [-0.2, -0.15) is 11.8 Å². The summed E-state index contributed by atoms with van der Waals surface area (Å²) in [5, 5.41) is 23.7. The molecule has 0 radical (unpaired) electrons. The van der Waals surface area contributed by atoms with Gasteiger partial charge < -0.3 is 14.8 Å². The van der Waals surface area contributed by atoms with Crippen LogP contribution in [0.4, 0.5) is 5.69 Å². The molecule has 2 aromatic rings. The molecule has 1 amide bonds. The minimum Gasteiger partial charge on any atom is -0.407 e. The molecule has 0 spiro atoms. The van der Waals surface area contributed by atoms with Gasteiger partial charge in [-0.15, -0.1) is 0 Å². The number of non-ortho nitro benzene ring substituents is 1. The van der Waals surface area contributed by atoms with Crippen LogP contribution in [0, 0.1) is 10.1 Å². The Morgan fingerprint density at radius 2 is 2.31 bits per heavy atom. The summed E-state index contributed by atoms with van der Waals surface area (Å²) in [6.45, 7) is 0.494. The smallest absolute Gasteiger partial charge is 0.407 e. The Morgan fingerprint density at radius 1 is 1.50 bits per heavy atom. The molecule has 3 rings (SSSR count). The molecule has 10 heteroatoms. The molecule has 1 aliphatic rings. The Morgan fingerprint density at radius 3 is 3.00 bits per heavy atom. The number of benzene rings is 1. The Bertz CT molecular complexity index is 884. The minimum atomic E-state index is -0.827. The molecule has 26 heavy (non-hydrogen) atoms. The third-order valence-electron chi connectivity index (χ3n) is 4.35. The number of oxazole rings is 1. The first-order chi connectivity index (χ1) is 12.4. The predicted octanol–water partition coefficient (Wildman–Crippen LogP) is 1.27. The number of aliphatic hydroxyl groups is 1. The van der Waals surface area contributed by atoms with E-state index in [-0.39, 0.29) is 36.7 Å². The van der Waals surface area contributed by atoms with E-state index >= 15 is 0 Å². The van der Waals surface area contributed by atoms with Gasteiger partial charge in [0.2, 0.25) is 5.91 Å². The van der Waals surface area contributed by atoms with Gasteiger partial charge in [-0.3, -0.25) is 19.5 Å². The first-order valence-electron chi connectivity index (χ1n) is 8.23. The van der Waals surface area contributed by atoms with Gasteiger partial charge in [0.25, 0.3) is 5.69 Å². The van der Waals surface area contributed by atoms with Crippen LogP contribution in [0.15, 0.2) is 27.4 Å². The Hall–Kier alpha value is -2.33. The van der Waals surface area contributed by atoms with Gasteiger partial charge in [0.1, 0.15) is 0 Å². The van der Waals surface area contributed by atoms with Crippen LogP contribution in [-0.2, 0) is 11.3 Å². The summed E-state index contributed by atoms with van der Waals surface area (Å²) in [4.78, 5) is 34.1. The van der Waals surface area contributed by atoms with Gasteiger partial charge in [-0.25, -0.2) is 4.79 Å². The number of nitro benzene ring substituents is 1. The Labute approximate surface area is 152 Å². The lowest BCUT2D eigenvalue weighted by molar-refractivity contribution is -0.384. The number of fused-ring (bicyclic) bond motifs is 1. The fourth-order valence-electron chi connectivity index (χ4n) is 2.87. The average Bonchev–Trinajstić information content (AvgIpc) is 3.16. The molecule has 140 valence electrons. The number of nitrogens with one attached hydrogen (secondary N) is 1. The first kappa shape index (κ1) is 18.5. The number of rotatable bonds is 7. The molecule has 1 aromatic carbocycles. The lowest BCUT2D eigenvalue weighted by Gasteiger charge is -2.21. The van der Waals surface area contributed by atoms with Crippen molar-refractivity contribution < 1.29 is 19.2 Å². The van der Waals surface area contributed by atoms with Crippen LogP contribution in [0.25, 0.3) is 11.1 Å². The zero-order valence-electron chi connectivity index (χ0n) is 14.0. The maximum Gasteiger partial charge on any atom is 0.419 e. The van der Waals surface area contributed by atoms with Crippen molar-refractivity contribution in [2.45, 2.75) is 31.4 Å². The number of nitro groups is 1. The lowest BCUT2D eigenvalue weighted by atomic mass is 10.0. The van der Waals surface area contributed by atoms with E-state index in [1.54, 1.807) is 11.8 Å². The van der Waals surface area contributed by atoms with Crippen molar-refractivity contribution in [3.63, 3.8) is 0 Å². The summed E-state index contributed by atoms with van der Waals surface area (Å²) in [5.41, 5.74) is -0.374. The monoisotopic (exact) mass is 381 g/mol. The maximum absolute atomic E-state index is 11.9. The molecule has 1 aromatic heterocycles. The van der Waals surface area contributed by atoms with Crippen molar-refractivity contribution in [2.24, 2.45) is 0 Å². The summed E-state index contributed by atoms with van der Waals surface area (Å²) in [7, 11) is 0. The van der Waals surface area contributed by atoms with Gasteiger partial charge in [0.05, 0.1) is 22.1 Å². The van der Waals surface area contributed by atoms with E-state index in [0.29, 0.717) is 24.1 Å². The van der Waals surface area contributed by atoms with Crippen LogP contribution in [0.2, 0.25) is 0 Å². The second kappa shape index (κ2) is 7.50. The van der Waals surface area contributed by atoms with Crippen molar-refractivity contribution in [1.82, 2.24) is 9.88 Å². The van der Waals surface area contributed by atoms with Crippen LogP contribution >= 0.6 is 11.8 Å². The largest absolute Gasteiger partial charge is 0.419 e. The SMILES string of the molecule is O=C(CCCn1c(=O)oc2cc([N+](=O)[O-])ccc21)NC[C@]1(O)CCSC1. The second-order valence-corrected chi connectivity index (χ2v) is 7.44. The topological polar surface area (TPSA) is 128 Å². The highest BCUT2D eigenvalue weighted by molar-refractivity contribution is 7.99.